The summed E-state index contributed by atoms with van der Waals surface area (Å²) in [7, 11) is 0. The van der Waals surface area contributed by atoms with Crippen LogP contribution in [-0.2, 0) is 4.79 Å². The second-order valence-corrected chi connectivity index (χ2v) is 4.75. The fourth-order valence-electron chi connectivity index (χ4n) is 1.73. The molecule has 2 aromatic heterocycles. The first kappa shape index (κ1) is 13.2. The number of carbonyl (C=O) groups excluding carboxylic acids is 1. The lowest BCUT2D eigenvalue weighted by Gasteiger charge is -2.08. The smallest absolute Gasteiger partial charge is 0.225 e. The number of imidazole rings is 1. The maximum Gasteiger partial charge on any atom is 0.225 e. The van der Waals surface area contributed by atoms with Gasteiger partial charge in [-0.1, -0.05) is 13.8 Å². The van der Waals surface area contributed by atoms with Gasteiger partial charge in [0.05, 0.1) is 0 Å². The van der Waals surface area contributed by atoms with Gasteiger partial charge in [-0.25, -0.2) is 15.0 Å². The molecule has 0 unspecified atom stereocenters. The molecule has 2 heterocycles. The normalized spacial score (nSPS) is 10.7. The number of amides is 1. The summed E-state index contributed by atoms with van der Waals surface area (Å²) < 4.78 is 1.83. The third-order valence-corrected chi connectivity index (χ3v) is 2.59. The van der Waals surface area contributed by atoms with Gasteiger partial charge in [0.15, 0.2) is 0 Å². The molecule has 0 aromatic carbocycles. The van der Waals surface area contributed by atoms with Crippen LogP contribution in [0.25, 0.3) is 5.82 Å². The van der Waals surface area contributed by atoms with Crippen molar-refractivity contribution in [3.8, 4) is 5.82 Å². The van der Waals surface area contributed by atoms with Crippen LogP contribution in [0.3, 0.4) is 0 Å². The molecule has 0 saturated heterocycles. The van der Waals surface area contributed by atoms with Crippen LogP contribution >= 0.6 is 0 Å². The van der Waals surface area contributed by atoms with Crippen molar-refractivity contribution in [3.63, 3.8) is 0 Å². The number of aryl methyl sites for hydroxylation is 1. The highest BCUT2D eigenvalue weighted by Crippen LogP contribution is 2.11. The molecular formula is C13H17N5O. The molecule has 6 nitrogen and oxygen atoms in total. The van der Waals surface area contributed by atoms with E-state index in [0.29, 0.717) is 24.0 Å². The molecule has 0 saturated carbocycles. The van der Waals surface area contributed by atoms with Crippen molar-refractivity contribution in [3.05, 3.63) is 30.6 Å². The SMILES string of the molecule is Cc1nccn1-c1cc(NC(=O)CC(C)C)ncn1. The molecular weight excluding hydrogens is 242 g/mol. The Morgan fingerprint density at radius 1 is 1.37 bits per heavy atom. The Balaban J connectivity index is 2.16. The van der Waals surface area contributed by atoms with E-state index in [-0.39, 0.29) is 5.91 Å². The molecule has 2 rings (SSSR count). The molecule has 0 radical (unpaired) electrons. The van der Waals surface area contributed by atoms with Crippen molar-refractivity contribution >= 4 is 11.7 Å². The Morgan fingerprint density at radius 2 is 2.16 bits per heavy atom. The summed E-state index contributed by atoms with van der Waals surface area (Å²) in [5.41, 5.74) is 0. The molecule has 0 fully saturated rings. The quantitative estimate of drug-likeness (QED) is 0.910. The summed E-state index contributed by atoms with van der Waals surface area (Å²) in [6, 6.07) is 1.73. The molecule has 0 aliphatic carbocycles. The van der Waals surface area contributed by atoms with E-state index in [4.69, 9.17) is 0 Å². The molecule has 0 aliphatic rings. The van der Waals surface area contributed by atoms with Gasteiger partial charge in [-0.3, -0.25) is 9.36 Å². The number of rotatable bonds is 4. The maximum absolute atomic E-state index is 11.7. The minimum atomic E-state index is -0.0398. The third kappa shape index (κ3) is 3.37. The van der Waals surface area contributed by atoms with E-state index >= 15 is 0 Å². The van der Waals surface area contributed by atoms with Crippen LogP contribution in [0, 0.1) is 12.8 Å². The minimum absolute atomic E-state index is 0.0398. The largest absolute Gasteiger partial charge is 0.311 e. The lowest BCUT2D eigenvalue weighted by molar-refractivity contribution is -0.116. The topological polar surface area (TPSA) is 72.7 Å². The average molecular weight is 259 g/mol. The lowest BCUT2D eigenvalue weighted by atomic mass is 10.1. The van der Waals surface area contributed by atoms with Gasteiger partial charge in [0.1, 0.15) is 23.8 Å². The van der Waals surface area contributed by atoms with Crippen LogP contribution in [0.2, 0.25) is 0 Å². The highest BCUT2D eigenvalue weighted by atomic mass is 16.1. The van der Waals surface area contributed by atoms with Gasteiger partial charge >= 0.3 is 0 Å². The van der Waals surface area contributed by atoms with Gasteiger partial charge in [-0.15, -0.1) is 0 Å². The van der Waals surface area contributed by atoms with Crippen molar-refractivity contribution in [2.75, 3.05) is 5.32 Å². The second-order valence-electron chi connectivity index (χ2n) is 4.75. The van der Waals surface area contributed by atoms with Gasteiger partial charge in [-0.05, 0) is 12.8 Å². The number of anilines is 1. The predicted octanol–water partition coefficient (Wildman–Crippen LogP) is 1.96. The zero-order chi connectivity index (χ0) is 13.8. The summed E-state index contributed by atoms with van der Waals surface area (Å²) in [5, 5.41) is 2.77. The van der Waals surface area contributed by atoms with Gasteiger partial charge in [-0.2, -0.15) is 0 Å². The molecule has 2 aromatic rings. The molecule has 100 valence electrons. The first-order chi connectivity index (χ1) is 9.06. The van der Waals surface area contributed by atoms with Crippen LogP contribution in [0.4, 0.5) is 5.82 Å². The summed E-state index contributed by atoms with van der Waals surface area (Å²) in [6.07, 6.45) is 5.43. The number of hydrogen-bond donors (Lipinski definition) is 1. The highest BCUT2D eigenvalue weighted by molar-refractivity contribution is 5.89. The summed E-state index contributed by atoms with van der Waals surface area (Å²) >= 11 is 0. The third-order valence-electron chi connectivity index (χ3n) is 2.59. The first-order valence-electron chi connectivity index (χ1n) is 6.18. The molecule has 0 spiro atoms. The van der Waals surface area contributed by atoms with E-state index in [1.807, 2.05) is 31.5 Å². The van der Waals surface area contributed by atoms with Crippen LogP contribution in [0.1, 0.15) is 26.1 Å². The summed E-state index contributed by atoms with van der Waals surface area (Å²) in [5.74, 6) is 2.30. The highest BCUT2D eigenvalue weighted by Gasteiger charge is 2.08. The van der Waals surface area contributed by atoms with Gasteiger partial charge in [0.2, 0.25) is 5.91 Å². The molecule has 0 bridgehead atoms. The molecule has 19 heavy (non-hydrogen) atoms. The predicted molar refractivity (Wildman–Crippen MR) is 72.0 cm³/mol. The molecule has 0 aliphatic heterocycles. The van der Waals surface area contributed by atoms with Crippen molar-refractivity contribution < 1.29 is 4.79 Å². The Morgan fingerprint density at radius 3 is 2.79 bits per heavy atom. The minimum Gasteiger partial charge on any atom is -0.311 e. The zero-order valence-electron chi connectivity index (χ0n) is 11.3. The van der Waals surface area contributed by atoms with Crippen LogP contribution < -0.4 is 5.32 Å². The van der Waals surface area contributed by atoms with E-state index in [1.165, 1.54) is 6.33 Å². The van der Waals surface area contributed by atoms with E-state index in [9.17, 15) is 4.79 Å². The van der Waals surface area contributed by atoms with Gasteiger partial charge < -0.3 is 5.32 Å². The second kappa shape index (κ2) is 5.60. The van der Waals surface area contributed by atoms with E-state index in [2.05, 4.69) is 20.3 Å². The van der Waals surface area contributed by atoms with Crippen molar-refractivity contribution in [1.82, 2.24) is 19.5 Å². The van der Waals surface area contributed by atoms with E-state index in [0.717, 1.165) is 5.82 Å². The fourth-order valence-corrected chi connectivity index (χ4v) is 1.73. The Hall–Kier alpha value is -2.24. The van der Waals surface area contributed by atoms with Crippen molar-refractivity contribution in [1.29, 1.82) is 0 Å². The number of carbonyl (C=O) groups is 1. The number of hydrogen-bond acceptors (Lipinski definition) is 4. The average Bonchev–Trinajstić information content (AvgIpc) is 2.74. The Kier molecular flexibility index (Phi) is 3.89. The molecule has 1 N–H and O–H groups in total. The van der Waals surface area contributed by atoms with Gasteiger partial charge in [0, 0.05) is 24.9 Å². The monoisotopic (exact) mass is 259 g/mol. The van der Waals surface area contributed by atoms with Crippen molar-refractivity contribution in [2.24, 2.45) is 5.92 Å². The summed E-state index contributed by atoms with van der Waals surface area (Å²) in [6.45, 7) is 5.89. The Labute approximate surface area is 111 Å². The standard InChI is InChI=1S/C13H17N5O/c1-9(2)6-13(19)17-11-7-12(16-8-15-11)18-5-4-14-10(18)3/h4-5,7-9H,6H2,1-3H3,(H,15,16,17,19). The fraction of sp³-hybridized carbons (Fsp3) is 0.385. The van der Waals surface area contributed by atoms with Crippen LogP contribution in [0.15, 0.2) is 24.8 Å². The lowest BCUT2D eigenvalue weighted by Crippen LogP contribution is -2.15. The number of nitrogens with zero attached hydrogens (tertiary/aromatic N) is 4. The van der Waals surface area contributed by atoms with Gasteiger partial charge in [0.25, 0.3) is 0 Å². The first-order valence-corrected chi connectivity index (χ1v) is 6.18. The Bertz CT molecular complexity index is 576. The number of aromatic nitrogens is 4. The van der Waals surface area contributed by atoms with Crippen molar-refractivity contribution in [2.45, 2.75) is 27.2 Å². The van der Waals surface area contributed by atoms with Crippen LogP contribution in [0.5, 0.6) is 0 Å². The van der Waals surface area contributed by atoms with Crippen LogP contribution in [-0.4, -0.2) is 25.4 Å². The van der Waals surface area contributed by atoms with E-state index < -0.39 is 0 Å². The molecule has 1 amide bonds. The molecule has 6 heteroatoms. The molecule has 0 atom stereocenters. The maximum atomic E-state index is 11.7. The summed E-state index contributed by atoms with van der Waals surface area (Å²) in [4.78, 5) is 24.1. The number of nitrogens with one attached hydrogen (secondary N) is 1. The zero-order valence-corrected chi connectivity index (χ0v) is 11.3. The van der Waals surface area contributed by atoms with E-state index in [1.54, 1.807) is 12.3 Å².